The number of carbonyl (C=O) groups excluding carboxylic acids is 1. The molecule has 6 nitrogen and oxygen atoms in total. The third kappa shape index (κ3) is 3.58. The van der Waals surface area contributed by atoms with Crippen LogP contribution < -0.4 is 5.32 Å². The summed E-state index contributed by atoms with van der Waals surface area (Å²) in [5, 5.41) is 18.5. The number of nitrogens with one attached hydrogen (secondary N) is 2. The average Bonchev–Trinajstić information content (AvgIpc) is 2.82. The minimum Gasteiger partial charge on any atom is -0.508 e. The summed E-state index contributed by atoms with van der Waals surface area (Å²) >= 11 is 0. The molecular formula is C12H14N4O2. The van der Waals surface area contributed by atoms with Gasteiger partial charge < -0.3 is 10.4 Å². The van der Waals surface area contributed by atoms with Crippen molar-refractivity contribution in [1.29, 1.82) is 0 Å². The number of rotatable bonds is 5. The maximum atomic E-state index is 11.6. The molecule has 0 aliphatic heterocycles. The molecule has 1 aromatic heterocycles. The van der Waals surface area contributed by atoms with Crippen LogP contribution in [0.4, 0.5) is 0 Å². The first-order chi connectivity index (χ1) is 8.74. The Bertz CT molecular complexity index is 511. The molecule has 0 radical (unpaired) electrons. The smallest absolute Gasteiger partial charge is 0.224 e. The molecule has 0 aliphatic rings. The van der Waals surface area contributed by atoms with E-state index in [1.54, 1.807) is 24.3 Å². The Balaban J connectivity index is 1.75. The maximum Gasteiger partial charge on any atom is 0.224 e. The van der Waals surface area contributed by atoms with Gasteiger partial charge in [0.2, 0.25) is 5.91 Å². The van der Waals surface area contributed by atoms with Gasteiger partial charge in [-0.25, -0.2) is 4.98 Å². The van der Waals surface area contributed by atoms with Crippen molar-refractivity contribution in [3.8, 4) is 5.75 Å². The number of benzene rings is 1. The van der Waals surface area contributed by atoms with E-state index in [0.29, 0.717) is 13.0 Å². The molecule has 0 atom stereocenters. The number of phenolic OH excluding ortho intramolecular Hbond substituents is 1. The predicted octanol–water partition coefficient (Wildman–Crippen LogP) is 0.412. The van der Waals surface area contributed by atoms with Crippen LogP contribution in [-0.2, 0) is 17.6 Å². The fourth-order valence-electron chi connectivity index (χ4n) is 1.59. The summed E-state index contributed by atoms with van der Waals surface area (Å²) in [5.74, 6) is 0.828. The highest BCUT2D eigenvalue weighted by atomic mass is 16.3. The van der Waals surface area contributed by atoms with Crippen LogP contribution in [0.1, 0.15) is 11.4 Å². The highest BCUT2D eigenvalue weighted by molar-refractivity contribution is 5.78. The number of carbonyl (C=O) groups is 1. The number of H-pyrrole nitrogens is 1. The summed E-state index contributed by atoms with van der Waals surface area (Å²) in [6.45, 7) is 0.507. The Labute approximate surface area is 104 Å². The molecule has 18 heavy (non-hydrogen) atoms. The van der Waals surface area contributed by atoms with Gasteiger partial charge in [0, 0.05) is 13.0 Å². The maximum absolute atomic E-state index is 11.6. The first-order valence-electron chi connectivity index (χ1n) is 5.63. The molecule has 0 saturated carbocycles. The van der Waals surface area contributed by atoms with Crippen molar-refractivity contribution < 1.29 is 9.90 Å². The van der Waals surface area contributed by atoms with Gasteiger partial charge in [-0.15, -0.1) is 0 Å². The van der Waals surface area contributed by atoms with Gasteiger partial charge in [0.1, 0.15) is 17.9 Å². The molecule has 0 aliphatic carbocycles. The Hall–Kier alpha value is -2.37. The Morgan fingerprint density at radius 2 is 2.33 bits per heavy atom. The van der Waals surface area contributed by atoms with E-state index < -0.39 is 0 Å². The number of hydrogen-bond acceptors (Lipinski definition) is 4. The molecule has 0 unspecified atom stereocenters. The van der Waals surface area contributed by atoms with Crippen molar-refractivity contribution in [2.24, 2.45) is 0 Å². The van der Waals surface area contributed by atoms with E-state index in [4.69, 9.17) is 0 Å². The van der Waals surface area contributed by atoms with Gasteiger partial charge in [0.05, 0.1) is 6.42 Å². The molecule has 0 bridgehead atoms. The van der Waals surface area contributed by atoms with Gasteiger partial charge in [-0.05, 0) is 17.7 Å². The third-order valence-corrected chi connectivity index (χ3v) is 2.42. The number of aromatic nitrogens is 3. The lowest BCUT2D eigenvalue weighted by molar-refractivity contribution is -0.120. The lowest BCUT2D eigenvalue weighted by atomic mass is 10.1. The van der Waals surface area contributed by atoms with E-state index in [9.17, 15) is 9.90 Å². The van der Waals surface area contributed by atoms with Crippen LogP contribution in [-0.4, -0.2) is 32.7 Å². The number of aromatic amines is 1. The van der Waals surface area contributed by atoms with Crippen molar-refractivity contribution in [2.45, 2.75) is 12.8 Å². The largest absolute Gasteiger partial charge is 0.508 e. The Morgan fingerprint density at radius 1 is 1.44 bits per heavy atom. The van der Waals surface area contributed by atoms with E-state index in [2.05, 4.69) is 20.5 Å². The summed E-state index contributed by atoms with van der Waals surface area (Å²) in [6.07, 6.45) is 2.31. The fraction of sp³-hybridized carbons (Fsp3) is 0.250. The second-order valence-electron chi connectivity index (χ2n) is 3.88. The summed E-state index contributed by atoms with van der Waals surface area (Å²) in [4.78, 5) is 15.6. The summed E-state index contributed by atoms with van der Waals surface area (Å²) in [6, 6.07) is 6.67. The lowest BCUT2D eigenvalue weighted by Gasteiger charge is -2.04. The van der Waals surface area contributed by atoms with Crippen LogP contribution >= 0.6 is 0 Å². The molecule has 0 saturated heterocycles. The highest BCUT2D eigenvalue weighted by Crippen LogP contribution is 2.11. The zero-order chi connectivity index (χ0) is 12.8. The molecule has 94 valence electrons. The number of nitrogens with zero attached hydrogens (tertiary/aromatic N) is 2. The topological polar surface area (TPSA) is 90.9 Å². The lowest BCUT2D eigenvalue weighted by Crippen LogP contribution is -2.27. The molecule has 2 aromatic rings. The zero-order valence-corrected chi connectivity index (χ0v) is 9.76. The second-order valence-corrected chi connectivity index (χ2v) is 3.88. The van der Waals surface area contributed by atoms with E-state index >= 15 is 0 Å². The number of phenols is 1. The molecule has 1 amide bonds. The number of amides is 1. The molecule has 0 spiro atoms. The van der Waals surface area contributed by atoms with E-state index in [0.717, 1.165) is 11.4 Å². The van der Waals surface area contributed by atoms with Gasteiger partial charge in [-0.3, -0.25) is 9.89 Å². The standard InChI is InChI=1S/C12H14N4O2/c17-10-3-1-2-9(6-10)7-12(18)13-5-4-11-14-8-15-16-11/h1-3,6,8,17H,4-5,7H2,(H,13,18)(H,14,15,16). The average molecular weight is 246 g/mol. The fourth-order valence-corrected chi connectivity index (χ4v) is 1.59. The van der Waals surface area contributed by atoms with Crippen molar-refractivity contribution in [3.05, 3.63) is 42.0 Å². The van der Waals surface area contributed by atoms with E-state index in [-0.39, 0.29) is 18.1 Å². The molecule has 0 fully saturated rings. The van der Waals surface area contributed by atoms with E-state index in [1.165, 1.54) is 6.33 Å². The molecule has 2 rings (SSSR count). The zero-order valence-electron chi connectivity index (χ0n) is 9.76. The molecule has 1 heterocycles. The van der Waals surface area contributed by atoms with Gasteiger partial charge in [-0.2, -0.15) is 5.10 Å². The molecule has 6 heteroatoms. The second kappa shape index (κ2) is 5.81. The van der Waals surface area contributed by atoms with Crippen LogP contribution in [0.2, 0.25) is 0 Å². The quantitative estimate of drug-likeness (QED) is 0.712. The first kappa shape index (κ1) is 12.1. The monoisotopic (exact) mass is 246 g/mol. The minimum absolute atomic E-state index is 0.0832. The minimum atomic E-state index is -0.0832. The van der Waals surface area contributed by atoms with Crippen LogP contribution in [0.5, 0.6) is 5.75 Å². The van der Waals surface area contributed by atoms with Gasteiger partial charge >= 0.3 is 0 Å². The summed E-state index contributed by atoms with van der Waals surface area (Å²) in [5.41, 5.74) is 0.784. The molecule has 1 aromatic carbocycles. The van der Waals surface area contributed by atoms with Gasteiger partial charge in [0.15, 0.2) is 0 Å². The SMILES string of the molecule is O=C(Cc1cccc(O)c1)NCCc1ncn[nH]1. The summed E-state index contributed by atoms with van der Waals surface area (Å²) < 4.78 is 0. The first-order valence-corrected chi connectivity index (χ1v) is 5.63. The van der Waals surface area contributed by atoms with Gasteiger partial charge in [0.25, 0.3) is 0 Å². The van der Waals surface area contributed by atoms with Gasteiger partial charge in [-0.1, -0.05) is 12.1 Å². The number of hydrogen-bond donors (Lipinski definition) is 3. The third-order valence-electron chi connectivity index (χ3n) is 2.42. The van der Waals surface area contributed by atoms with E-state index in [1.807, 2.05) is 0 Å². The molecular weight excluding hydrogens is 232 g/mol. The van der Waals surface area contributed by atoms with Crippen molar-refractivity contribution in [3.63, 3.8) is 0 Å². The van der Waals surface area contributed by atoms with Crippen LogP contribution in [0.25, 0.3) is 0 Å². The van der Waals surface area contributed by atoms with Crippen molar-refractivity contribution in [2.75, 3.05) is 6.54 Å². The molecule has 3 N–H and O–H groups in total. The highest BCUT2D eigenvalue weighted by Gasteiger charge is 2.04. The Morgan fingerprint density at radius 3 is 3.06 bits per heavy atom. The predicted molar refractivity (Wildman–Crippen MR) is 64.9 cm³/mol. The van der Waals surface area contributed by atoms with Crippen LogP contribution in [0.3, 0.4) is 0 Å². The van der Waals surface area contributed by atoms with Crippen LogP contribution in [0, 0.1) is 0 Å². The van der Waals surface area contributed by atoms with Crippen molar-refractivity contribution in [1.82, 2.24) is 20.5 Å². The summed E-state index contributed by atoms with van der Waals surface area (Å²) in [7, 11) is 0. The van der Waals surface area contributed by atoms with Crippen molar-refractivity contribution >= 4 is 5.91 Å². The normalized spacial score (nSPS) is 10.2. The number of aromatic hydroxyl groups is 1. The Kier molecular flexibility index (Phi) is 3.90. The van der Waals surface area contributed by atoms with Crippen LogP contribution in [0.15, 0.2) is 30.6 Å².